The van der Waals surface area contributed by atoms with E-state index in [0.29, 0.717) is 29.1 Å². The number of piperazine rings is 1. The van der Waals surface area contributed by atoms with Crippen molar-refractivity contribution in [3.8, 4) is 11.5 Å². The number of hydrogen-bond acceptors (Lipinski definition) is 9. The minimum absolute atomic E-state index is 0.0153. The molecule has 0 aliphatic carbocycles. The lowest BCUT2D eigenvalue weighted by atomic mass is 9.88. The van der Waals surface area contributed by atoms with Gasteiger partial charge in [-0.1, -0.05) is 0 Å². The summed E-state index contributed by atoms with van der Waals surface area (Å²) in [5.41, 5.74) is 5.64. The van der Waals surface area contributed by atoms with Gasteiger partial charge in [-0.15, -0.1) is 4.91 Å². The molecule has 3 aliphatic rings. The van der Waals surface area contributed by atoms with E-state index in [1.807, 2.05) is 4.90 Å². The van der Waals surface area contributed by atoms with Crippen LogP contribution in [0.5, 0.6) is 11.5 Å². The van der Waals surface area contributed by atoms with E-state index >= 15 is 0 Å². The van der Waals surface area contributed by atoms with Gasteiger partial charge in [0.25, 0.3) is 0 Å². The summed E-state index contributed by atoms with van der Waals surface area (Å²) in [7, 11) is 3.05. The summed E-state index contributed by atoms with van der Waals surface area (Å²) < 4.78 is 16.5. The van der Waals surface area contributed by atoms with E-state index in [1.54, 1.807) is 14.0 Å². The average molecular weight is 364 g/mol. The number of nitrogens with one attached hydrogen (secondary N) is 1. The molecular weight excluding hydrogens is 344 g/mol. The number of hydrogen-bond donors (Lipinski definition) is 3. The molecule has 0 aromatic heterocycles. The highest BCUT2D eigenvalue weighted by Crippen LogP contribution is 2.64. The summed E-state index contributed by atoms with van der Waals surface area (Å²) in [5.74, 6) is -0.388. The molecule has 10 nitrogen and oxygen atoms in total. The number of methoxy groups -OCH3 is 2. The molecule has 1 aromatic carbocycles. The zero-order chi connectivity index (χ0) is 18.8. The van der Waals surface area contributed by atoms with Gasteiger partial charge in [0.2, 0.25) is 0 Å². The average Bonchev–Trinajstić information content (AvgIpc) is 3.22. The van der Waals surface area contributed by atoms with Crippen molar-refractivity contribution in [1.82, 2.24) is 5.32 Å². The number of carbonyl (C=O) groups excluding carboxylic acids is 1. The molecule has 1 unspecified atom stereocenters. The Hall–Kier alpha value is -2.59. The van der Waals surface area contributed by atoms with Crippen LogP contribution in [0.2, 0.25) is 0 Å². The molecule has 4 N–H and O–H groups in total. The van der Waals surface area contributed by atoms with E-state index < -0.39 is 17.7 Å². The third kappa shape index (κ3) is 1.85. The first-order valence-electron chi connectivity index (χ1n) is 8.20. The van der Waals surface area contributed by atoms with Crippen molar-refractivity contribution in [1.29, 1.82) is 0 Å². The maximum absolute atomic E-state index is 11.3. The van der Waals surface area contributed by atoms with Gasteiger partial charge in [-0.25, -0.2) is 4.79 Å². The molecule has 3 aliphatic heterocycles. The highest BCUT2D eigenvalue weighted by Gasteiger charge is 2.71. The Morgan fingerprint density at radius 2 is 2.23 bits per heavy atom. The molecule has 0 saturated carbocycles. The lowest BCUT2D eigenvalue weighted by Gasteiger charge is -2.38. The lowest BCUT2D eigenvalue weighted by molar-refractivity contribution is -0.0337. The molecule has 140 valence electrons. The van der Waals surface area contributed by atoms with Gasteiger partial charge in [0.1, 0.15) is 12.4 Å². The smallest absolute Gasteiger partial charge is 0.404 e. The van der Waals surface area contributed by atoms with Gasteiger partial charge < -0.3 is 35.3 Å². The van der Waals surface area contributed by atoms with Crippen LogP contribution in [-0.4, -0.2) is 56.4 Å². The summed E-state index contributed by atoms with van der Waals surface area (Å²) in [4.78, 5) is 24.5. The minimum Gasteiger partial charge on any atom is -0.505 e. The Morgan fingerprint density at radius 3 is 2.81 bits per heavy atom. The summed E-state index contributed by atoms with van der Waals surface area (Å²) in [6.45, 7) is 2.17. The predicted octanol–water partition coefficient (Wildman–Crippen LogP) is 0.803. The maximum Gasteiger partial charge on any atom is 0.404 e. The molecular formula is C16H20N4O6. The largest absolute Gasteiger partial charge is 0.505 e. The quantitative estimate of drug-likeness (QED) is 0.514. The number of phenolic OH excluding ortho intramolecular Hbond substituents is 1. The van der Waals surface area contributed by atoms with Crippen LogP contribution in [0, 0.1) is 11.8 Å². The topological polar surface area (TPSA) is 146 Å². The van der Waals surface area contributed by atoms with Gasteiger partial charge in [0, 0.05) is 30.8 Å². The first kappa shape index (κ1) is 16.9. The minimum atomic E-state index is -0.929. The number of primary amides is 1. The molecule has 0 bridgehead atoms. The van der Waals surface area contributed by atoms with Crippen LogP contribution < -0.4 is 20.7 Å². The molecule has 1 aromatic rings. The van der Waals surface area contributed by atoms with E-state index in [0.717, 1.165) is 0 Å². The normalized spacial score (nSPS) is 30.4. The van der Waals surface area contributed by atoms with Gasteiger partial charge in [-0.2, -0.15) is 0 Å². The number of benzene rings is 1. The number of nitrogens with zero attached hydrogens (tertiary/aromatic N) is 2. The lowest BCUT2D eigenvalue weighted by Crippen LogP contribution is -2.54. The van der Waals surface area contributed by atoms with Crippen LogP contribution in [0.4, 0.5) is 16.2 Å². The fourth-order valence-corrected chi connectivity index (χ4v) is 4.66. The van der Waals surface area contributed by atoms with Crippen LogP contribution in [0.1, 0.15) is 17.0 Å². The zero-order valence-corrected chi connectivity index (χ0v) is 14.6. The zero-order valence-electron chi connectivity index (χ0n) is 14.6. The van der Waals surface area contributed by atoms with Crippen molar-refractivity contribution in [2.24, 2.45) is 10.9 Å². The Labute approximate surface area is 149 Å². The maximum atomic E-state index is 11.3. The molecule has 10 heteroatoms. The molecule has 2 saturated heterocycles. The van der Waals surface area contributed by atoms with Crippen LogP contribution in [0.15, 0.2) is 5.18 Å². The Kier molecular flexibility index (Phi) is 3.53. The van der Waals surface area contributed by atoms with Crippen molar-refractivity contribution in [3.63, 3.8) is 0 Å². The molecule has 0 spiro atoms. The monoisotopic (exact) mass is 364 g/mol. The van der Waals surface area contributed by atoms with E-state index in [1.165, 1.54) is 7.11 Å². The summed E-state index contributed by atoms with van der Waals surface area (Å²) >= 11 is 0. The van der Waals surface area contributed by atoms with Gasteiger partial charge in [0.05, 0.1) is 24.8 Å². The van der Waals surface area contributed by atoms with Crippen molar-refractivity contribution in [2.75, 3.05) is 32.3 Å². The van der Waals surface area contributed by atoms with Crippen LogP contribution in [-0.2, 0) is 9.47 Å². The highest BCUT2D eigenvalue weighted by atomic mass is 16.6. The number of amides is 1. The Bertz CT molecular complexity index is 815. The number of ether oxygens (including phenoxy) is 3. The third-order valence-corrected chi connectivity index (χ3v) is 5.71. The second kappa shape index (κ2) is 5.45. The fraction of sp³-hybridized carbons (Fsp3) is 0.562. The third-order valence-electron chi connectivity index (χ3n) is 5.71. The summed E-state index contributed by atoms with van der Waals surface area (Å²) in [5, 5.41) is 17.1. The van der Waals surface area contributed by atoms with E-state index in [2.05, 4.69) is 10.5 Å². The number of fused-ring (bicyclic) bond motifs is 5. The summed E-state index contributed by atoms with van der Waals surface area (Å²) in [6.07, 6.45) is -0.929. The van der Waals surface area contributed by atoms with Crippen LogP contribution in [0.25, 0.3) is 0 Å². The van der Waals surface area contributed by atoms with Crippen molar-refractivity contribution in [2.45, 2.75) is 30.7 Å². The highest BCUT2D eigenvalue weighted by molar-refractivity contribution is 5.85. The van der Waals surface area contributed by atoms with Gasteiger partial charge in [-0.3, -0.25) is 0 Å². The van der Waals surface area contributed by atoms with E-state index in [-0.39, 0.29) is 30.1 Å². The second-order valence-corrected chi connectivity index (χ2v) is 6.71. The van der Waals surface area contributed by atoms with Crippen LogP contribution in [0.3, 0.4) is 0 Å². The standard InChI is InChI=1S/C16H20N4O6/c1-6-10(19-23)12(21)9-7(5-26-15(17)22)16(25-3)14-8(18-14)4-20(16)11(9)13(6)24-2/h7-8,14,18,21H,4-5H2,1-3H3,(H2,17,22)/t7-,8-,14?,16-/m0/s1. The van der Waals surface area contributed by atoms with Gasteiger partial charge in [-0.05, 0) is 12.1 Å². The van der Waals surface area contributed by atoms with Crippen molar-refractivity contribution >= 4 is 17.5 Å². The van der Waals surface area contributed by atoms with Crippen molar-refractivity contribution < 1.29 is 24.1 Å². The van der Waals surface area contributed by atoms with E-state index in [4.69, 9.17) is 19.9 Å². The first-order valence-corrected chi connectivity index (χ1v) is 8.20. The first-order chi connectivity index (χ1) is 12.4. The fourth-order valence-electron chi connectivity index (χ4n) is 4.66. The summed E-state index contributed by atoms with van der Waals surface area (Å²) in [6, 6.07) is 0.202. The molecule has 0 radical (unpaired) electrons. The number of carbonyl (C=O) groups is 1. The molecule has 26 heavy (non-hydrogen) atoms. The van der Waals surface area contributed by atoms with Crippen molar-refractivity contribution in [3.05, 3.63) is 16.0 Å². The molecule has 4 atom stereocenters. The number of phenols is 1. The second-order valence-electron chi connectivity index (χ2n) is 6.71. The number of aromatic hydroxyl groups is 1. The molecule has 3 heterocycles. The molecule has 4 rings (SSSR count). The number of rotatable bonds is 5. The predicted molar refractivity (Wildman–Crippen MR) is 90.9 cm³/mol. The van der Waals surface area contributed by atoms with Gasteiger partial charge in [0.15, 0.2) is 17.2 Å². The number of nitrogens with two attached hydrogens (primary N) is 1. The van der Waals surface area contributed by atoms with Crippen LogP contribution >= 0.6 is 0 Å². The Morgan fingerprint density at radius 1 is 1.50 bits per heavy atom. The molecule has 1 amide bonds. The van der Waals surface area contributed by atoms with E-state index in [9.17, 15) is 14.8 Å². The molecule has 2 fully saturated rings. The number of anilines is 1. The SMILES string of the molecule is COc1c(C)c(N=O)c(O)c2c1N1C[C@@H]3NC3[C@@]1(OC)[C@H]2COC(N)=O. The van der Waals surface area contributed by atoms with Gasteiger partial charge >= 0.3 is 6.09 Å². The number of nitroso groups, excluding NO2 is 1. The Balaban J connectivity index is 1.97.